The van der Waals surface area contributed by atoms with E-state index in [9.17, 15) is 4.79 Å². The van der Waals surface area contributed by atoms with Crippen molar-refractivity contribution in [2.75, 3.05) is 10.2 Å². The van der Waals surface area contributed by atoms with Gasteiger partial charge in [-0.2, -0.15) is 0 Å². The molecule has 4 aromatic rings. The SMILES string of the molecule is Brc1ccc(Nc2ccc(Br)cc2)cc1.C.C.C.C.CC(C)(C)OC(=O)N(c1ccc(Br)cc1)c1ccc(Br)cc1. The van der Waals surface area contributed by atoms with E-state index < -0.39 is 11.7 Å². The fourth-order valence-electron chi connectivity index (χ4n) is 3.08. The Bertz CT molecular complexity index is 1200. The van der Waals surface area contributed by atoms with E-state index in [4.69, 9.17) is 4.74 Å². The lowest BCUT2D eigenvalue weighted by atomic mass is 10.2. The Morgan fingerprint density at radius 2 is 0.829 bits per heavy atom. The summed E-state index contributed by atoms with van der Waals surface area (Å²) in [6.07, 6.45) is -0.405. The Kier molecular flexibility index (Phi) is 19.1. The number of amides is 1. The molecule has 0 aliphatic carbocycles. The molecule has 0 bridgehead atoms. The summed E-state index contributed by atoms with van der Waals surface area (Å²) in [5.41, 5.74) is 3.11. The Morgan fingerprint density at radius 1 is 0.561 bits per heavy atom. The Balaban J connectivity index is 0. The first-order valence-electron chi connectivity index (χ1n) is 11.3. The highest BCUT2D eigenvalue weighted by Crippen LogP contribution is 2.30. The van der Waals surface area contributed by atoms with E-state index in [1.165, 1.54) is 0 Å². The van der Waals surface area contributed by atoms with Gasteiger partial charge in [-0.05, 0) is 118 Å². The quantitative estimate of drug-likeness (QED) is 0.223. The second-order valence-corrected chi connectivity index (χ2v) is 12.6. The van der Waals surface area contributed by atoms with Crippen molar-refractivity contribution < 1.29 is 9.53 Å². The largest absolute Gasteiger partial charge is 0.443 e. The van der Waals surface area contributed by atoms with E-state index >= 15 is 0 Å². The number of benzene rings is 4. The maximum atomic E-state index is 12.6. The Hall–Kier alpha value is -2.13. The summed E-state index contributed by atoms with van der Waals surface area (Å²) in [5.74, 6) is 0. The molecule has 4 aromatic carbocycles. The molecule has 0 fully saturated rings. The number of nitrogens with zero attached hydrogens (tertiary/aromatic N) is 1. The third-order valence-electron chi connectivity index (χ3n) is 4.72. The molecule has 0 saturated heterocycles. The average Bonchev–Trinajstić information content (AvgIpc) is 2.84. The molecule has 0 aromatic heterocycles. The first-order valence-corrected chi connectivity index (χ1v) is 14.5. The van der Waals surface area contributed by atoms with Gasteiger partial charge in [0.25, 0.3) is 0 Å². The van der Waals surface area contributed by atoms with Crippen molar-refractivity contribution in [2.24, 2.45) is 0 Å². The zero-order valence-corrected chi connectivity index (χ0v) is 26.9. The van der Waals surface area contributed by atoms with Crippen molar-refractivity contribution in [3.8, 4) is 0 Å². The van der Waals surface area contributed by atoms with Gasteiger partial charge < -0.3 is 10.1 Å². The van der Waals surface area contributed by atoms with Crippen LogP contribution in [-0.4, -0.2) is 11.7 Å². The molecule has 4 rings (SSSR count). The second kappa shape index (κ2) is 19.1. The number of hydrogen-bond donors (Lipinski definition) is 1. The summed E-state index contributed by atoms with van der Waals surface area (Å²) in [6.45, 7) is 5.56. The van der Waals surface area contributed by atoms with Gasteiger partial charge in [-0.15, -0.1) is 0 Å². The highest BCUT2D eigenvalue weighted by molar-refractivity contribution is 9.11. The molecule has 0 saturated carbocycles. The summed E-state index contributed by atoms with van der Waals surface area (Å²) in [4.78, 5) is 14.2. The van der Waals surface area contributed by atoms with E-state index in [1.807, 2.05) is 118 Å². The highest BCUT2D eigenvalue weighted by atomic mass is 79.9. The molecule has 0 spiro atoms. The number of ether oxygens (including phenoxy) is 1. The second-order valence-electron chi connectivity index (χ2n) is 8.91. The number of hydrogen-bond acceptors (Lipinski definition) is 3. The van der Waals surface area contributed by atoms with Crippen LogP contribution >= 0.6 is 63.7 Å². The summed E-state index contributed by atoms with van der Waals surface area (Å²) in [7, 11) is 0. The van der Waals surface area contributed by atoms with Gasteiger partial charge in [0.1, 0.15) is 5.60 Å². The molecular formula is C33H42Br4N2O2. The number of rotatable bonds is 4. The third-order valence-corrected chi connectivity index (χ3v) is 6.84. The fourth-order valence-corrected chi connectivity index (χ4v) is 4.14. The smallest absolute Gasteiger partial charge is 0.419 e. The van der Waals surface area contributed by atoms with Gasteiger partial charge in [-0.1, -0.05) is 93.4 Å². The number of nitrogens with one attached hydrogen (secondary N) is 1. The fraction of sp³-hybridized carbons (Fsp3) is 0.242. The molecule has 1 amide bonds. The van der Waals surface area contributed by atoms with E-state index in [0.29, 0.717) is 0 Å². The van der Waals surface area contributed by atoms with Gasteiger partial charge >= 0.3 is 6.09 Å². The van der Waals surface area contributed by atoms with Crippen molar-refractivity contribution in [3.05, 3.63) is 115 Å². The van der Waals surface area contributed by atoms with Crippen LogP contribution in [0.15, 0.2) is 115 Å². The van der Waals surface area contributed by atoms with Gasteiger partial charge in [0.2, 0.25) is 0 Å². The zero-order chi connectivity index (χ0) is 27.0. The van der Waals surface area contributed by atoms with Crippen LogP contribution in [0.3, 0.4) is 0 Å². The predicted molar refractivity (Wildman–Crippen MR) is 195 cm³/mol. The first-order chi connectivity index (χ1) is 17.5. The molecule has 0 atom stereocenters. The van der Waals surface area contributed by atoms with Crippen LogP contribution in [0.2, 0.25) is 0 Å². The molecule has 0 aliphatic rings. The number of carbonyl (C=O) groups is 1. The minimum atomic E-state index is -0.555. The minimum absolute atomic E-state index is 0. The molecule has 224 valence electrons. The third kappa shape index (κ3) is 14.1. The van der Waals surface area contributed by atoms with Gasteiger partial charge in [-0.25, -0.2) is 9.69 Å². The van der Waals surface area contributed by atoms with Crippen molar-refractivity contribution in [3.63, 3.8) is 0 Å². The molecule has 1 N–H and O–H groups in total. The van der Waals surface area contributed by atoms with Crippen LogP contribution in [0.1, 0.15) is 50.5 Å². The van der Waals surface area contributed by atoms with E-state index in [-0.39, 0.29) is 29.7 Å². The van der Waals surface area contributed by atoms with Crippen LogP contribution in [0.25, 0.3) is 0 Å². The van der Waals surface area contributed by atoms with Crippen LogP contribution in [0.4, 0.5) is 27.5 Å². The molecule has 0 aliphatic heterocycles. The number of anilines is 4. The summed E-state index contributed by atoms with van der Waals surface area (Å²) in [5, 5.41) is 3.32. The summed E-state index contributed by atoms with van der Waals surface area (Å²) >= 11 is 13.6. The van der Waals surface area contributed by atoms with Crippen molar-refractivity contribution in [2.45, 2.75) is 56.1 Å². The minimum Gasteiger partial charge on any atom is -0.443 e. The average molecular weight is 818 g/mol. The molecule has 41 heavy (non-hydrogen) atoms. The summed E-state index contributed by atoms with van der Waals surface area (Å²) < 4.78 is 9.62. The summed E-state index contributed by atoms with van der Waals surface area (Å²) in [6, 6.07) is 31.3. The van der Waals surface area contributed by atoms with Crippen LogP contribution < -0.4 is 10.2 Å². The molecule has 0 radical (unpaired) electrons. The normalized spacial score (nSPS) is 9.63. The van der Waals surface area contributed by atoms with Crippen molar-refractivity contribution >= 4 is 92.6 Å². The maximum Gasteiger partial charge on any atom is 0.419 e. The lowest BCUT2D eigenvalue weighted by Crippen LogP contribution is -2.33. The lowest BCUT2D eigenvalue weighted by molar-refractivity contribution is 0.0599. The van der Waals surface area contributed by atoms with Crippen molar-refractivity contribution in [1.29, 1.82) is 0 Å². The molecule has 4 nitrogen and oxygen atoms in total. The molecule has 0 unspecified atom stereocenters. The van der Waals surface area contributed by atoms with Gasteiger partial charge in [-0.3, -0.25) is 0 Å². The van der Waals surface area contributed by atoms with Crippen molar-refractivity contribution in [1.82, 2.24) is 0 Å². The standard InChI is InChI=1S/C17H17Br2NO2.C12H9Br2N.4CH4/c1-17(2,3)22-16(21)20(14-8-4-12(18)5-9-14)15-10-6-13(19)7-11-15;13-9-1-5-11(6-2-9)15-12-7-3-10(14)4-8-12;;;;/h4-11H,1-3H3;1-8,15H;4*1H4. The Morgan fingerprint density at radius 3 is 1.10 bits per heavy atom. The van der Waals surface area contributed by atoms with E-state index in [2.05, 4.69) is 69.0 Å². The number of halogens is 4. The van der Waals surface area contributed by atoms with E-state index in [0.717, 1.165) is 40.6 Å². The Labute approximate surface area is 281 Å². The maximum absolute atomic E-state index is 12.6. The lowest BCUT2D eigenvalue weighted by Gasteiger charge is -2.27. The van der Waals surface area contributed by atoms with Gasteiger partial charge in [0, 0.05) is 29.3 Å². The highest BCUT2D eigenvalue weighted by Gasteiger charge is 2.24. The first kappa shape index (κ1) is 41.0. The monoisotopic (exact) mass is 814 g/mol. The predicted octanol–water partition coefficient (Wildman–Crippen LogP) is 13.8. The molecule has 0 heterocycles. The van der Waals surface area contributed by atoms with Gasteiger partial charge in [0.15, 0.2) is 0 Å². The van der Waals surface area contributed by atoms with Crippen LogP contribution in [0, 0.1) is 0 Å². The van der Waals surface area contributed by atoms with Crippen LogP contribution in [0.5, 0.6) is 0 Å². The number of carbonyl (C=O) groups excluding carboxylic acids is 1. The molecule has 8 heteroatoms. The topological polar surface area (TPSA) is 41.6 Å². The molecular weight excluding hydrogens is 776 g/mol. The van der Waals surface area contributed by atoms with Gasteiger partial charge in [0.05, 0.1) is 11.4 Å². The van der Waals surface area contributed by atoms with Crippen LogP contribution in [-0.2, 0) is 4.74 Å². The zero-order valence-electron chi connectivity index (χ0n) is 20.5. The van der Waals surface area contributed by atoms with E-state index in [1.54, 1.807) is 4.90 Å².